The van der Waals surface area contributed by atoms with Crippen LogP contribution in [-0.4, -0.2) is 35.1 Å². The van der Waals surface area contributed by atoms with Gasteiger partial charge >= 0.3 is 6.03 Å². The van der Waals surface area contributed by atoms with Crippen LogP contribution in [0.15, 0.2) is 28.8 Å². The first-order valence-electron chi connectivity index (χ1n) is 7.63. The number of benzene rings is 1. The van der Waals surface area contributed by atoms with Crippen LogP contribution in [0.2, 0.25) is 5.02 Å². The molecule has 2 aromatic rings. The fourth-order valence-electron chi connectivity index (χ4n) is 2.08. The van der Waals surface area contributed by atoms with E-state index < -0.39 is 17.8 Å². The van der Waals surface area contributed by atoms with Crippen molar-refractivity contribution < 1.29 is 18.5 Å². The topological polar surface area (TPSA) is 87.5 Å². The number of aryl methyl sites for hydroxylation is 1. The number of aromatic nitrogens is 1. The first kappa shape index (κ1) is 18.7. The van der Waals surface area contributed by atoms with Gasteiger partial charge in [0.1, 0.15) is 18.1 Å². The molecule has 0 atom stereocenters. The predicted octanol–water partition coefficient (Wildman–Crippen LogP) is 3.66. The highest BCUT2D eigenvalue weighted by atomic mass is 35.5. The molecule has 0 saturated heterocycles. The van der Waals surface area contributed by atoms with Crippen LogP contribution >= 0.6 is 11.6 Å². The van der Waals surface area contributed by atoms with Crippen molar-refractivity contribution in [2.75, 3.05) is 23.7 Å². The van der Waals surface area contributed by atoms with Gasteiger partial charge < -0.3 is 20.1 Å². The zero-order valence-corrected chi connectivity index (χ0v) is 14.6. The quantitative estimate of drug-likeness (QED) is 0.814. The summed E-state index contributed by atoms with van der Waals surface area (Å²) in [4.78, 5) is 25.8. The van der Waals surface area contributed by atoms with E-state index in [1.165, 1.54) is 17.0 Å². The van der Waals surface area contributed by atoms with Crippen LogP contribution in [0.4, 0.5) is 20.7 Å². The van der Waals surface area contributed by atoms with Crippen molar-refractivity contribution in [1.29, 1.82) is 0 Å². The number of hydrogen-bond acceptors (Lipinski definition) is 4. The van der Waals surface area contributed by atoms with Gasteiger partial charge in [-0.3, -0.25) is 4.79 Å². The molecule has 0 fully saturated rings. The summed E-state index contributed by atoms with van der Waals surface area (Å²) in [6.07, 6.45) is 0.661. The number of amides is 3. The number of carbonyl (C=O) groups is 2. The largest absolute Gasteiger partial charge is 0.360 e. The molecule has 0 unspecified atom stereocenters. The second kappa shape index (κ2) is 8.48. The van der Waals surface area contributed by atoms with Crippen molar-refractivity contribution in [3.05, 3.63) is 40.9 Å². The molecule has 134 valence electrons. The van der Waals surface area contributed by atoms with Gasteiger partial charge in [-0.25, -0.2) is 9.18 Å². The molecule has 1 heterocycles. The van der Waals surface area contributed by atoms with Gasteiger partial charge in [-0.05, 0) is 31.5 Å². The lowest BCUT2D eigenvalue weighted by molar-refractivity contribution is -0.116. The molecule has 2 rings (SSSR count). The summed E-state index contributed by atoms with van der Waals surface area (Å²) in [6.45, 7) is 3.79. The number of hydrogen-bond donors (Lipinski definition) is 2. The minimum absolute atomic E-state index is 0.0982. The molecular formula is C16H18ClFN4O3. The Kier molecular flexibility index (Phi) is 6.35. The van der Waals surface area contributed by atoms with Gasteiger partial charge in [-0.1, -0.05) is 23.7 Å². The Labute approximate surface area is 149 Å². The Balaban J connectivity index is 1.99. The zero-order valence-electron chi connectivity index (χ0n) is 13.8. The maximum Gasteiger partial charge on any atom is 0.322 e. The summed E-state index contributed by atoms with van der Waals surface area (Å²) in [7, 11) is 0. The van der Waals surface area contributed by atoms with E-state index in [2.05, 4.69) is 15.8 Å². The standard InChI is InChI=1S/C16H18ClFN4O3/c1-3-6-22(9-15(23)20-14-7-10(2)25-21-14)16(24)19-11-4-5-13(18)12(17)8-11/h4-5,7-8H,3,6,9H2,1-2H3,(H,19,24)(H,20,21,23). The second-order valence-corrected chi connectivity index (χ2v) is 5.76. The Morgan fingerprint density at radius 2 is 2.08 bits per heavy atom. The van der Waals surface area contributed by atoms with E-state index in [1.54, 1.807) is 13.0 Å². The van der Waals surface area contributed by atoms with E-state index in [1.807, 2.05) is 6.92 Å². The van der Waals surface area contributed by atoms with Crippen molar-refractivity contribution in [2.24, 2.45) is 0 Å². The van der Waals surface area contributed by atoms with Gasteiger partial charge in [0, 0.05) is 18.3 Å². The molecule has 2 N–H and O–H groups in total. The summed E-state index contributed by atoms with van der Waals surface area (Å²) < 4.78 is 18.0. The third-order valence-corrected chi connectivity index (χ3v) is 3.47. The lowest BCUT2D eigenvalue weighted by atomic mass is 10.3. The number of anilines is 2. The Bertz CT molecular complexity index is 766. The molecule has 0 radical (unpaired) electrons. The number of nitrogens with zero attached hydrogens (tertiary/aromatic N) is 2. The Morgan fingerprint density at radius 1 is 1.32 bits per heavy atom. The lowest BCUT2D eigenvalue weighted by Gasteiger charge is -2.21. The van der Waals surface area contributed by atoms with Gasteiger partial charge in [-0.15, -0.1) is 0 Å². The van der Waals surface area contributed by atoms with Crippen molar-refractivity contribution in [1.82, 2.24) is 10.1 Å². The summed E-state index contributed by atoms with van der Waals surface area (Å²) in [5.74, 6) is -0.141. The molecule has 1 aromatic carbocycles. The SMILES string of the molecule is CCCN(CC(=O)Nc1cc(C)on1)C(=O)Nc1ccc(F)c(Cl)c1. The molecule has 1 aromatic heterocycles. The fraction of sp³-hybridized carbons (Fsp3) is 0.312. The third-order valence-electron chi connectivity index (χ3n) is 3.18. The maximum absolute atomic E-state index is 13.2. The minimum atomic E-state index is -0.577. The van der Waals surface area contributed by atoms with Crippen LogP contribution in [-0.2, 0) is 4.79 Å². The van der Waals surface area contributed by atoms with Crippen molar-refractivity contribution in [2.45, 2.75) is 20.3 Å². The average Bonchev–Trinajstić information content (AvgIpc) is 2.95. The molecule has 0 bridgehead atoms. The maximum atomic E-state index is 13.2. The fourth-order valence-corrected chi connectivity index (χ4v) is 2.26. The van der Waals surface area contributed by atoms with Crippen molar-refractivity contribution in [3.63, 3.8) is 0 Å². The first-order chi connectivity index (χ1) is 11.9. The summed E-state index contributed by atoms with van der Waals surface area (Å²) >= 11 is 5.69. The van der Waals surface area contributed by atoms with Crippen molar-refractivity contribution in [3.8, 4) is 0 Å². The van der Waals surface area contributed by atoms with Crippen LogP contribution in [0.3, 0.4) is 0 Å². The number of halogens is 2. The van der Waals surface area contributed by atoms with Crippen molar-refractivity contribution >= 4 is 35.0 Å². The second-order valence-electron chi connectivity index (χ2n) is 5.35. The van der Waals surface area contributed by atoms with Gasteiger partial charge in [0.15, 0.2) is 5.82 Å². The molecule has 0 spiro atoms. The first-order valence-corrected chi connectivity index (χ1v) is 8.01. The van der Waals surface area contributed by atoms with Gasteiger partial charge in [0.05, 0.1) is 5.02 Å². The molecule has 3 amide bonds. The number of carbonyl (C=O) groups excluding carboxylic acids is 2. The van der Waals surface area contributed by atoms with E-state index >= 15 is 0 Å². The van der Waals surface area contributed by atoms with Gasteiger partial charge in [0.2, 0.25) is 5.91 Å². The zero-order chi connectivity index (χ0) is 18.4. The smallest absolute Gasteiger partial charge is 0.322 e. The van der Waals surface area contributed by atoms with Crippen LogP contribution < -0.4 is 10.6 Å². The summed E-state index contributed by atoms with van der Waals surface area (Å²) in [5.41, 5.74) is 0.338. The highest BCUT2D eigenvalue weighted by molar-refractivity contribution is 6.31. The van der Waals surface area contributed by atoms with Gasteiger partial charge in [-0.2, -0.15) is 0 Å². The average molecular weight is 369 g/mol. The van der Waals surface area contributed by atoms with E-state index in [0.717, 1.165) is 6.07 Å². The van der Waals surface area contributed by atoms with E-state index in [9.17, 15) is 14.0 Å². The van der Waals surface area contributed by atoms with Crippen LogP contribution in [0.25, 0.3) is 0 Å². The van der Waals surface area contributed by atoms with Crippen LogP contribution in [0, 0.1) is 12.7 Å². The Morgan fingerprint density at radius 3 is 2.68 bits per heavy atom. The normalized spacial score (nSPS) is 10.4. The summed E-state index contributed by atoms with van der Waals surface area (Å²) in [6, 6.07) is 4.93. The minimum Gasteiger partial charge on any atom is -0.360 e. The van der Waals surface area contributed by atoms with E-state index in [4.69, 9.17) is 16.1 Å². The lowest BCUT2D eigenvalue weighted by Crippen LogP contribution is -2.41. The molecular weight excluding hydrogens is 351 g/mol. The third kappa shape index (κ3) is 5.46. The Hall–Kier alpha value is -2.61. The monoisotopic (exact) mass is 368 g/mol. The molecule has 0 aliphatic rings. The van der Waals surface area contributed by atoms with Gasteiger partial charge in [0.25, 0.3) is 0 Å². The van der Waals surface area contributed by atoms with E-state index in [-0.39, 0.29) is 17.4 Å². The van der Waals surface area contributed by atoms with E-state index in [0.29, 0.717) is 24.4 Å². The molecule has 0 aliphatic heterocycles. The number of rotatable bonds is 6. The molecule has 7 nitrogen and oxygen atoms in total. The highest BCUT2D eigenvalue weighted by Gasteiger charge is 2.18. The highest BCUT2D eigenvalue weighted by Crippen LogP contribution is 2.19. The number of nitrogens with one attached hydrogen (secondary N) is 2. The number of urea groups is 1. The van der Waals surface area contributed by atoms with Crippen LogP contribution in [0.5, 0.6) is 0 Å². The van der Waals surface area contributed by atoms with Crippen LogP contribution in [0.1, 0.15) is 19.1 Å². The molecule has 25 heavy (non-hydrogen) atoms. The predicted molar refractivity (Wildman–Crippen MR) is 92.2 cm³/mol. The molecule has 9 heteroatoms. The molecule has 0 saturated carbocycles. The molecule has 0 aliphatic carbocycles. The summed E-state index contributed by atoms with van der Waals surface area (Å²) in [5, 5.41) is 8.71.